The Labute approximate surface area is 52.1 Å². The zero-order chi connectivity index (χ0) is 6.85. The lowest BCUT2D eigenvalue weighted by Gasteiger charge is -2.03. The highest BCUT2D eigenvalue weighted by molar-refractivity contribution is 4.96. The van der Waals surface area contributed by atoms with E-state index in [1.807, 2.05) is 0 Å². The molecule has 1 aliphatic rings. The second-order valence-corrected chi connectivity index (χ2v) is 1.88. The van der Waals surface area contributed by atoms with E-state index in [0.717, 1.165) is 0 Å². The number of nitrogens with zero attached hydrogens (tertiary/aromatic N) is 2. The molecule has 0 amide bonds. The number of rotatable bonds is 1. The van der Waals surface area contributed by atoms with Crippen molar-refractivity contribution in [2.24, 2.45) is 0 Å². The largest absolute Gasteiger partial charge is 0.320 e. The van der Waals surface area contributed by atoms with Crippen molar-refractivity contribution in [3.63, 3.8) is 0 Å². The maximum Gasteiger partial charge on any atom is 0.278 e. The van der Waals surface area contributed by atoms with Crippen LogP contribution in [-0.2, 0) is 0 Å². The van der Waals surface area contributed by atoms with Crippen LogP contribution in [0.25, 0.3) is 0 Å². The van der Waals surface area contributed by atoms with Crippen LogP contribution in [0.2, 0.25) is 0 Å². The van der Waals surface area contributed by atoms with Crippen molar-refractivity contribution in [2.45, 2.75) is 0 Å². The van der Waals surface area contributed by atoms with Crippen molar-refractivity contribution < 1.29 is 4.92 Å². The average molecular weight is 129 g/mol. The van der Waals surface area contributed by atoms with Gasteiger partial charge in [-0.1, -0.05) is 0 Å². The van der Waals surface area contributed by atoms with Gasteiger partial charge in [0, 0.05) is 7.05 Å². The minimum Gasteiger partial charge on any atom is -0.320 e. The van der Waals surface area contributed by atoms with Gasteiger partial charge in [-0.2, -0.15) is 0 Å². The Bertz CT molecular complexity index is 165. The second-order valence-electron chi connectivity index (χ2n) is 1.88. The van der Waals surface area contributed by atoms with Gasteiger partial charge in [-0.05, 0) is 0 Å². The van der Waals surface area contributed by atoms with E-state index in [-0.39, 0.29) is 5.70 Å². The van der Waals surface area contributed by atoms with Crippen LogP contribution in [0.15, 0.2) is 11.9 Å². The average Bonchev–Trinajstić information content (AvgIpc) is 2.14. The van der Waals surface area contributed by atoms with Crippen LogP contribution in [-0.4, -0.2) is 23.5 Å². The van der Waals surface area contributed by atoms with Crippen LogP contribution in [0.4, 0.5) is 0 Å². The van der Waals surface area contributed by atoms with Crippen LogP contribution in [0, 0.1) is 10.1 Å². The van der Waals surface area contributed by atoms with E-state index >= 15 is 0 Å². The molecule has 5 heteroatoms. The van der Waals surface area contributed by atoms with Gasteiger partial charge < -0.3 is 5.43 Å². The molecule has 9 heavy (non-hydrogen) atoms. The third kappa shape index (κ3) is 1.17. The lowest BCUT2D eigenvalue weighted by atomic mass is 10.5. The molecule has 1 rings (SSSR count). The highest BCUT2D eigenvalue weighted by atomic mass is 16.6. The van der Waals surface area contributed by atoms with Crippen LogP contribution in [0.3, 0.4) is 0 Å². The van der Waals surface area contributed by atoms with Crippen LogP contribution < -0.4 is 5.43 Å². The predicted molar refractivity (Wildman–Crippen MR) is 30.8 cm³/mol. The molecule has 1 aliphatic heterocycles. The van der Waals surface area contributed by atoms with Crippen LogP contribution >= 0.6 is 0 Å². The van der Waals surface area contributed by atoms with Gasteiger partial charge in [0.1, 0.15) is 6.54 Å². The van der Waals surface area contributed by atoms with Gasteiger partial charge >= 0.3 is 0 Å². The quantitative estimate of drug-likeness (QED) is 0.385. The van der Waals surface area contributed by atoms with E-state index < -0.39 is 4.92 Å². The topological polar surface area (TPSA) is 58.4 Å². The molecule has 5 nitrogen and oxygen atoms in total. The van der Waals surface area contributed by atoms with Gasteiger partial charge in [0.25, 0.3) is 5.70 Å². The minimum absolute atomic E-state index is 0.206. The van der Waals surface area contributed by atoms with E-state index in [1.165, 1.54) is 6.20 Å². The van der Waals surface area contributed by atoms with Gasteiger partial charge in [0.2, 0.25) is 0 Å². The predicted octanol–water partition coefficient (Wildman–Crippen LogP) is -0.445. The fourth-order valence-electron chi connectivity index (χ4n) is 0.629. The third-order valence-corrected chi connectivity index (χ3v) is 1.09. The van der Waals surface area contributed by atoms with Gasteiger partial charge in [-0.25, -0.2) is 5.01 Å². The molecule has 0 saturated heterocycles. The molecule has 0 aromatic rings. The number of nitrogens with one attached hydrogen (secondary N) is 1. The summed E-state index contributed by atoms with van der Waals surface area (Å²) in [6, 6.07) is 0. The van der Waals surface area contributed by atoms with Crippen molar-refractivity contribution in [3.05, 3.63) is 22.0 Å². The van der Waals surface area contributed by atoms with Crippen molar-refractivity contribution >= 4 is 0 Å². The minimum atomic E-state index is -0.392. The summed E-state index contributed by atoms with van der Waals surface area (Å²) in [4.78, 5) is 9.63. The molecule has 0 saturated carbocycles. The number of likely N-dealkylation sites (N-methyl/N-ethyl adjacent to an activating group) is 1. The zero-order valence-electron chi connectivity index (χ0n) is 5.00. The van der Waals surface area contributed by atoms with Gasteiger partial charge in [-0.15, -0.1) is 0 Å². The molecule has 1 N–H and O–H groups in total. The monoisotopic (exact) mass is 129 g/mol. The summed E-state index contributed by atoms with van der Waals surface area (Å²) < 4.78 is 0. The molecule has 0 aliphatic carbocycles. The number of hydrazine groups is 1. The zero-order valence-corrected chi connectivity index (χ0v) is 5.00. The summed E-state index contributed by atoms with van der Waals surface area (Å²) in [5.74, 6) is 0. The molecule has 0 fully saturated rings. The number of nitro groups is 1. The first-order chi connectivity index (χ1) is 4.20. The summed E-state index contributed by atoms with van der Waals surface area (Å²) >= 11 is 0. The number of hydrogen-bond acceptors (Lipinski definition) is 4. The molecule has 0 radical (unpaired) electrons. The van der Waals surface area contributed by atoms with Gasteiger partial charge in [0.05, 0.1) is 11.1 Å². The highest BCUT2D eigenvalue weighted by Crippen LogP contribution is 2.00. The first-order valence-electron chi connectivity index (χ1n) is 2.51. The summed E-state index contributed by atoms with van der Waals surface area (Å²) in [5.41, 5.74) is 2.89. The molecule has 1 heterocycles. The normalized spacial score (nSPS) is 19.0. The Balaban J connectivity index is 2.55. The Kier molecular flexibility index (Phi) is 1.35. The molecule has 0 bridgehead atoms. The summed E-state index contributed by atoms with van der Waals surface area (Å²) in [6.45, 7) is 0.368. The summed E-state index contributed by atoms with van der Waals surface area (Å²) in [7, 11) is 1.74. The van der Waals surface area contributed by atoms with E-state index in [9.17, 15) is 10.1 Å². The van der Waals surface area contributed by atoms with E-state index in [0.29, 0.717) is 6.54 Å². The van der Waals surface area contributed by atoms with Crippen molar-refractivity contribution in [1.29, 1.82) is 0 Å². The maximum atomic E-state index is 10.0. The SMILES string of the molecule is CN1CC([N+](=O)[O-])=CN1. The second kappa shape index (κ2) is 2.02. The Morgan fingerprint density at radius 3 is 2.89 bits per heavy atom. The molecular formula is C4H7N3O2. The van der Waals surface area contributed by atoms with Crippen LogP contribution in [0.1, 0.15) is 0 Å². The smallest absolute Gasteiger partial charge is 0.278 e. The van der Waals surface area contributed by atoms with Crippen LogP contribution in [0.5, 0.6) is 0 Å². The Morgan fingerprint density at radius 1 is 2.00 bits per heavy atom. The maximum absolute atomic E-state index is 10.0. The Morgan fingerprint density at radius 2 is 2.67 bits per heavy atom. The fraction of sp³-hybridized carbons (Fsp3) is 0.500. The molecule has 0 spiro atoms. The third-order valence-electron chi connectivity index (χ3n) is 1.09. The van der Waals surface area contributed by atoms with E-state index in [4.69, 9.17) is 0 Å². The summed E-state index contributed by atoms with van der Waals surface area (Å²) in [6.07, 6.45) is 1.39. The highest BCUT2D eigenvalue weighted by Gasteiger charge is 2.18. The number of hydrogen-bond donors (Lipinski definition) is 1. The molecule has 0 atom stereocenters. The van der Waals surface area contributed by atoms with Gasteiger partial charge in [0.15, 0.2) is 0 Å². The summed E-state index contributed by atoms with van der Waals surface area (Å²) in [5, 5.41) is 11.7. The Hall–Kier alpha value is -1.10. The molecule has 0 aromatic carbocycles. The molecular weight excluding hydrogens is 122 g/mol. The van der Waals surface area contributed by atoms with Crippen molar-refractivity contribution in [2.75, 3.05) is 13.6 Å². The van der Waals surface area contributed by atoms with Crippen molar-refractivity contribution in [3.8, 4) is 0 Å². The van der Waals surface area contributed by atoms with E-state index in [2.05, 4.69) is 5.43 Å². The molecule has 0 unspecified atom stereocenters. The molecule has 0 aromatic heterocycles. The van der Waals surface area contributed by atoms with Gasteiger partial charge in [-0.3, -0.25) is 10.1 Å². The lowest BCUT2D eigenvalue weighted by Crippen LogP contribution is -2.25. The fourth-order valence-corrected chi connectivity index (χ4v) is 0.629. The first-order valence-corrected chi connectivity index (χ1v) is 2.51. The molecule has 50 valence electrons. The van der Waals surface area contributed by atoms with Crippen molar-refractivity contribution in [1.82, 2.24) is 10.4 Å². The first kappa shape index (κ1) is 6.03. The van der Waals surface area contributed by atoms with E-state index in [1.54, 1.807) is 12.1 Å². The lowest BCUT2D eigenvalue weighted by molar-refractivity contribution is -0.426. The standard InChI is InChI=1S/C4H7N3O2/c1-6-3-4(2-5-6)7(8)9/h2,5H,3H2,1H3.